The summed E-state index contributed by atoms with van der Waals surface area (Å²) in [4.78, 5) is 49.8. The van der Waals surface area contributed by atoms with E-state index in [1.807, 2.05) is 0 Å². The number of aliphatic hydroxyl groups is 2. The van der Waals surface area contributed by atoms with E-state index in [2.05, 4.69) is 0 Å². The van der Waals surface area contributed by atoms with Gasteiger partial charge in [0.2, 0.25) is 0 Å². The van der Waals surface area contributed by atoms with Gasteiger partial charge >= 0.3 is 29.8 Å². The first-order valence-corrected chi connectivity index (χ1v) is 6.26. The summed E-state index contributed by atoms with van der Waals surface area (Å²) in [6.45, 7) is 1.93. The van der Waals surface area contributed by atoms with Gasteiger partial charge in [-0.1, -0.05) is 0 Å². The van der Waals surface area contributed by atoms with Crippen molar-refractivity contribution in [3.05, 3.63) is 0 Å². The molecule has 12 heteroatoms. The van der Waals surface area contributed by atoms with E-state index in [-0.39, 0.29) is 19.4 Å². The first-order chi connectivity index (χ1) is 10.8. The molecule has 0 heterocycles. The molecule has 0 aromatic heterocycles. The Morgan fingerprint density at radius 3 is 1.08 bits per heavy atom. The fraction of sp³-hybridized carbons (Fsp3) is 0.583. The first kappa shape index (κ1) is 26.2. The van der Waals surface area contributed by atoms with E-state index in [0.717, 1.165) is 0 Å². The lowest BCUT2D eigenvalue weighted by Gasteiger charge is -2.18. The van der Waals surface area contributed by atoms with Crippen molar-refractivity contribution in [2.75, 3.05) is 6.61 Å². The molecular formula is C12H20O12. The molecule has 0 aromatic carbocycles. The summed E-state index contributed by atoms with van der Waals surface area (Å²) in [5.74, 6) is -7.17. The van der Waals surface area contributed by atoms with Crippen LogP contribution >= 0.6 is 0 Å². The Bertz CT molecular complexity index is 411. The van der Waals surface area contributed by atoms with Gasteiger partial charge in [-0.25, -0.2) is 4.79 Å². The SMILES string of the molecule is CCO.O=C(O)CC(O)(CC(=O)O)C(=O)O.O=C(O)CCC(=O)O. The van der Waals surface area contributed by atoms with E-state index in [4.69, 9.17) is 35.7 Å². The minimum atomic E-state index is -2.74. The number of carboxylic acid groups (broad SMARTS) is 5. The van der Waals surface area contributed by atoms with Crippen LogP contribution in [-0.4, -0.2) is 77.8 Å². The van der Waals surface area contributed by atoms with E-state index in [1.165, 1.54) is 0 Å². The zero-order valence-electron chi connectivity index (χ0n) is 12.7. The molecule has 0 atom stereocenters. The van der Waals surface area contributed by atoms with Gasteiger partial charge in [-0.2, -0.15) is 0 Å². The fourth-order valence-electron chi connectivity index (χ4n) is 0.928. The highest BCUT2D eigenvalue weighted by Gasteiger charge is 2.40. The summed E-state index contributed by atoms with van der Waals surface area (Å²) in [6.07, 6.45) is -2.88. The summed E-state index contributed by atoms with van der Waals surface area (Å²) < 4.78 is 0. The predicted octanol–water partition coefficient (Wildman–Crippen LogP) is -1.31. The van der Waals surface area contributed by atoms with Crippen LogP contribution in [0.5, 0.6) is 0 Å². The molecule has 0 aliphatic carbocycles. The lowest BCUT2D eigenvalue weighted by atomic mass is 9.96. The van der Waals surface area contributed by atoms with Gasteiger partial charge in [-0.15, -0.1) is 0 Å². The van der Waals surface area contributed by atoms with Gasteiger partial charge in [-0.05, 0) is 6.92 Å². The molecular weight excluding hydrogens is 336 g/mol. The van der Waals surface area contributed by atoms with Gasteiger partial charge in [0.1, 0.15) is 0 Å². The molecule has 0 unspecified atom stereocenters. The third-order valence-corrected chi connectivity index (χ3v) is 1.84. The van der Waals surface area contributed by atoms with Gasteiger partial charge in [0, 0.05) is 6.61 Å². The minimum absolute atomic E-state index is 0.250. The number of hydrogen-bond donors (Lipinski definition) is 7. The number of carbonyl (C=O) groups is 5. The average molecular weight is 356 g/mol. The van der Waals surface area contributed by atoms with Crippen molar-refractivity contribution in [2.24, 2.45) is 0 Å². The highest BCUT2D eigenvalue weighted by atomic mass is 16.4. The van der Waals surface area contributed by atoms with Crippen LogP contribution in [0.4, 0.5) is 0 Å². The number of hydrogen-bond acceptors (Lipinski definition) is 7. The maximum atomic E-state index is 10.3. The van der Waals surface area contributed by atoms with Crippen molar-refractivity contribution >= 4 is 29.8 Å². The van der Waals surface area contributed by atoms with Crippen LogP contribution in [0.3, 0.4) is 0 Å². The van der Waals surface area contributed by atoms with Crippen LogP contribution in [-0.2, 0) is 24.0 Å². The van der Waals surface area contributed by atoms with Gasteiger partial charge in [0.05, 0.1) is 25.7 Å². The molecule has 0 aliphatic heterocycles. The van der Waals surface area contributed by atoms with E-state index in [0.29, 0.717) is 0 Å². The largest absolute Gasteiger partial charge is 0.481 e. The maximum Gasteiger partial charge on any atom is 0.336 e. The Hall–Kier alpha value is -2.73. The van der Waals surface area contributed by atoms with E-state index >= 15 is 0 Å². The molecule has 140 valence electrons. The summed E-state index contributed by atoms with van der Waals surface area (Å²) in [5.41, 5.74) is -2.74. The molecule has 12 nitrogen and oxygen atoms in total. The van der Waals surface area contributed by atoms with Gasteiger partial charge in [-0.3, -0.25) is 19.2 Å². The average Bonchev–Trinajstić information content (AvgIpc) is 2.35. The molecule has 0 saturated heterocycles. The number of carboxylic acids is 5. The third kappa shape index (κ3) is 19.3. The van der Waals surface area contributed by atoms with Crippen LogP contribution in [0.25, 0.3) is 0 Å². The number of aliphatic hydroxyl groups excluding tert-OH is 1. The molecule has 0 aliphatic rings. The molecule has 0 bridgehead atoms. The van der Waals surface area contributed by atoms with Crippen molar-refractivity contribution in [1.29, 1.82) is 0 Å². The Balaban J connectivity index is -0.000000341. The molecule has 0 amide bonds. The second-order valence-electron chi connectivity index (χ2n) is 4.08. The Labute approximate surface area is 135 Å². The second-order valence-corrected chi connectivity index (χ2v) is 4.08. The Morgan fingerprint density at radius 1 is 0.708 bits per heavy atom. The van der Waals surface area contributed by atoms with Crippen LogP contribution in [0, 0.1) is 0 Å². The van der Waals surface area contributed by atoms with Crippen molar-refractivity contribution in [3.63, 3.8) is 0 Å². The minimum Gasteiger partial charge on any atom is -0.481 e. The Kier molecular flexibility index (Phi) is 15.2. The molecule has 24 heavy (non-hydrogen) atoms. The third-order valence-electron chi connectivity index (χ3n) is 1.84. The van der Waals surface area contributed by atoms with Crippen LogP contribution < -0.4 is 0 Å². The van der Waals surface area contributed by atoms with Crippen LogP contribution in [0.1, 0.15) is 32.6 Å². The predicted molar refractivity (Wildman–Crippen MR) is 74.4 cm³/mol. The standard InChI is InChI=1S/C6H8O7.C4H6O4.C2H6O/c7-3(8)1-6(13,5(11)12)2-4(9)10;5-3(6)1-2-4(7)8;1-2-3/h13H,1-2H2,(H,7,8)(H,9,10)(H,11,12);1-2H2,(H,5,6)(H,7,8);3H,2H2,1H3. The Morgan fingerprint density at radius 2 is 0.958 bits per heavy atom. The maximum absolute atomic E-state index is 10.3. The van der Waals surface area contributed by atoms with Crippen LogP contribution in [0.2, 0.25) is 0 Å². The van der Waals surface area contributed by atoms with Crippen molar-refractivity contribution in [2.45, 2.75) is 38.2 Å². The normalized spacial score (nSPS) is 9.46. The summed E-state index contributed by atoms with van der Waals surface area (Å²) in [5, 5.41) is 57.2. The topological polar surface area (TPSA) is 227 Å². The van der Waals surface area contributed by atoms with Crippen molar-refractivity contribution in [3.8, 4) is 0 Å². The first-order valence-electron chi connectivity index (χ1n) is 6.26. The van der Waals surface area contributed by atoms with Gasteiger partial charge in [0.25, 0.3) is 0 Å². The molecule has 0 rings (SSSR count). The highest BCUT2D eigenvalue weighted by molar-refractivity contribution is 5.88. The molecule has 0 aromatic rings. The monoisotopic (exact) mass is 356 g/mol. The van der Waals surface area contributed by atoms with Crippen LogP contribution in [0.15, 0.2) is 0 Å². The molecule has 7 N–H and O–H groups in total. The fourth-order valence-corrected chi connectivity index (χ4v) is 0.928. The van der Waals surface area contributed by atoms with E-state index < -0.39 is 48.3 Å². The molecule has 0 fully saturated rings. The molecule has 0 spiro atoms. The molecule has 0 saturated carbocycles. The zero-order valence-corrected chi connectivity index (χ0v) is 12.7. The zero-order chi connectivity index (χ0) is 19.9. The number of rotatable bonds is 8. The second kappa shape index (κ2) is 13.9. The number of aliphatic carboxylic acids is 5. The summed E-state index contributed by atoms with van der Waals surface area (Å²) >= 11 is 0. The lowest BCUT2D eigenvalue weighted by molar-refractivity contribution is -0.170. The van der Waals surface area contributed by atoms with Gasteiger partial charge in [0.15, 0.2) is 5.60 Å². The summed E-state index contributed by atoms with van der Waals surface area (Å²) in [7, 11) is 0. The smallest absolute Gasteiger partial charge is 0.336 e. The highest BCUT2D eigenvalue weighted by Crippen LogP contribution is 2.15. The van der Waals surface area contributed by atoms with Gasteiger partial charge < -0.3 is 35.7 Å². The van der Waals surface area contributed by atoms with Crippen molar-refractivity contribution in [1.82, 2.24) is 0 Å². The molecule has 0 radical (unpaired) electrons. The lowest BCUT2D eigenvalue weighted by Crippen LogP contribution is -2.42. The summed E-state index contributed by atoms with van der Waals surface area (Å²) in [6, 6.07) is 0. The van der Waals surface area contributed by atoms with E-state index in [1.54, 1.807) is 6.92 Å². The quantitative estimate of drug-likeness (QED) is 0.269. The van der Waals surface area contributed by atoms with Crippen molar-refractivity contribution < 1.29 is 59.7 Å². The van der Waals surface area contributed by atoms with E-state index in [9.17, 15) is 24.0 Å².